The molecule has 0 saturated heterocycles. The molecule has 6 nitrogen and oxygen atoms in total. The van der Waals surface area contributed by atoms with Gasteiger partial charge in [-0.3, -0.25) is 4.79 Å². The predicted octanol–water partition coefficient (Wildman–Crippen LogP) is 2.53. The van der Waals surface area contributed by atoms with Crippen molar-refractivity contribution >= 4 is 11.9 Å². The lowest BCUT2D eigenvalue weighted by Crippen LogP contribution is -2.41. The van der Waals surface area contributed by atoms with Gasteiger partial charge in [-0.1, -0.05) is 12.5 Å². The molecule has 6 heteroatoms. The topological polar surface area (TPSA) is 61.1 Å². The van der Waals surface area contributed by atoms with E-state index in [1.807, 2.05) is 25.3 Å². The molecule has 0 fully saturated rings. The summed E-state index contributed by atoms with van der Waals surface area (Å²) in [5.41, 5.74) is 0. The van der Waals surface area contributed by atoms with Gasteiger partial charge in [0.1, 0.15) is 12.3 Å². The van der Waals surface area contributed by atoms with E-state index >= 15 is 0 Å². The summed E-state index contributed by atoms with van der Waals surface area (Å²) in [5.74, 6) is 1.68. The van der Waals surface area contributed by atoms with Gasteiger partial charge < -0.3 is 19.5 Å². The highest BCUT2D eigenvalue weighted by Crippen LogP contribution is 2.03. The molecule has 1 rings (SSSR count). The fourth-order valence-electron chi connectivity index (χ4n) is 2.27. The van der Waals surface area contributed by atoms with Crippen LogP contribution in [0.15, 0.2) is 40.5 Å². The van der Waals surface area contributed by atoms with E-state index in [1.165, 1.54) is 0 Å². The highest BCUT2D eigenvalue weighted by Gasteiger charge is 2.09. The zero-order valence-electron chi connectivity index (χ0n) is 15.8. The molecule has 1 heterocycles. The number of unbranched alkanes of at least 4 members (excludes halogenated alkanes) is 3. The molecule has 0 aliphatic rings. The number of amides is 1. The Morgan fingerprint density at radius 1 is 1.32 bits per heavy atom. The molecule has 0 aliphatic heterocycles. The number of carbonyl (C=O) groups excluding carboxylic acids is 1. The van der Waals surface area contributed by atoms with Crippen molar-refractivity contribution in [2.45, 2.75) is 32.1 Å². The summed E-state index contributed by atoms with van der Waals surface area (Å²) in [6, 6.07) is 3.84. The number of allylic oxidation sites excluding steroid dienone is 1. The highest BCUT2D eigenvalue weighted by molar-refractivity contribution is 5.84. The molecule has 0 saturated carbocycles. The van der Waals surface area contributed by atoms with E-state index in [0.29, 0.717) is 6.54 Å². The molecule has 0 radical (unpaired) electrons. The Morgan fingerprint density at radius 2 is 2.12 bits per heavy atom. The van der Waals surface area contributed by atoms with Crippen LogP contribution in [0.3, 0.4) is 0 Å². The molecule has 0 spiro atoms. The lowest BCUT2D eigenvalue weighted by atomic mass is 10.2. The van der Waals surface area contributed by atoms with Gasteiger partial charge in [-0.25, -0.2) is 4.99 Å². The molecule has 1 N–H and O–H groups in total. The lowest BCUT2D eigenvalue weighted by molar-refractivity contribution is -0.127. The summed E-state index contributed by atoms with van der Waals surface area (Å²) in [4.78, 5) is 19.9. The zero-order valence-corrected chi connectivity index (χ0v) is 15.8. The fraction of sp³-hybridized carbons (Fsp3) is 0.579. The van der Waals surface area contributed by atoms with Crippen molar-refractivity contribution in [3.8, 4) is 0 Å². The maximum Gasteiger partial charge on any atom is 0.243 e. The van der Waals surface area contributed by atoms with Crippen LogP contribution >= 0.6 is 0 Å². The summed E-state index contributed by atoms with van der Waals surface area (Å²) in [6.45, 7) is 5.51. The summed E-state index contributed by atoms with van der Waals surface area (Å²) >= 11 is 0. The van der Waals surface area contributed by atoms with Crippen LogP contribution in [0.4, 0.5) is 0 Å². The number of hydrogen-bond donors (Lipinski definition) is 1. The molecular weight excluding hydrogens is 316 g/mol. The standard InChI is InChI=1S/C19H32N4O2/c1-5-6-7-8-9-14-23(4)19(21-16-18(24)22(2)3)20-13-12-17-11-10-15-25-17/h5,10-11,15H,1,6-9,12-14,16H2,2-4H3,(H,20,21). The predicted molar refractivity (Wildman–Crippen MR) is 103 cm³/mol. The first kappa shape index (κ1) is 20.8. The van der Waals surface area contributed by atoms with Gasteiger partial charge in [0.15, 0.2) is 5.96 Å². The van der Waals surface area contributed by atoms with Crippen LogP contribution in [0.2, 0.25) is 0 Å². The first-order valence-electron chi connectivity index (χ1n) is 8.87. The average molecular weight is 348 g/mol. The van der Waals surface area contributed by atoms with Crippen LogP contribution in [-0.4, -0.2) is 62.4 Å². The molecule has 1 aromatic rings. The van der Waals surface area contributed by atoms with Crippen molar-refractivity contribution in [2.75, 3.05) is 40.8 Å². The van der Waals surface area contributed by atoms with E-state index in [-0.39, 0.29) is 12.5 Å². The minimum absolute atomic E-state index is 0.00952. The number of nitrogens with one attached hydrogen (secondary N) is 1. The molecule has 0 aromatic carbocycles. The third-order valence-electron chi connectivity index (χ3n) is 3.86. The second-order valence-electron chi connectivity index (χ2n) is 6.24. The first-order chi connectivity index (χ1) is 12.0. The smallest absolute Gasteiger partial charge is 0.243 e. The van der Waals surface area contributed by atoms with Crippen molar-refractivity contribution in [1.29, 1.82) is 0 Å². The van der Waals surface area contributed by atoms with Crippen LogP contribution in [0.1, 0.15) is 31.4 Å². The maximum absolute atomic E-state index is 11.8. The van der Waals surface area contributed by atoms with E-state index in [4.69, 9.17) is 4.42 Å². The number of carbonyl (C=O) groups is 1. The van der Waals surface area contributed by atoms with Gasteiger partial charge in [0.2, 0.25) is 5.91 Å². The molecule has 0 unspecified atom stereocenters. The first-order valence-corrected chi connectivity index (χ1v) is 8.87. The number of aliphatic imine (C=N–C) groups is 1. The normalized spacial score (nSPS) is 11.2. The van der Waals surface area contributed by atoms with Crippen LogP contribution < -0.4 is 5.32 Å². The van der Waals surface area contributed by atoms with Crippen molar-refractivity contribution in [3.05, 3.63) is 36.8 Å². The van der Waals surface area contributed by atoms with Crippen molar-refractivity contribution in [1.82, 2.24) is 15.1 Å². The minimum atomic E-state index is -0.00952. The monoisotopic (exact) mass is 348 g/mol. The molecule has 0 atom stereocenters. The number of guanidine groups is 1. The van der Waals surface area contributed by atoms with Crippen LogP contribution in [0.25, 0.3) is 0 Å². The second-order valence-corrected chi connectivity index (χ2v) is 6.24. The summed E-state index contributed by atoms with van der Waals surface area (Å²) in [6.07, 6.45) is 8.88. The maximum atomic E-state index is 11.8. The van der Waals surface area contributed by atoms with Crippen molar-refractivity contribution in [2.24, 2.45) is 4.99 Å². The van der Waals surface area contributed by atoms with E-state index in [1.54, 1.807) is 25.3 Å². The highest BCUT2D eigenvalue weighted by atomic mass is 16.3. The molecular formula is C19H32N4O2. The average Bonchev–Trinajstić information content (AvgIpc) is 3.10. The Bertz CT molecular complexity index is 524. The van der Waals surface area contributed by atoms with Gasteiger partial charge in [-0.15, -0.1) is 6.58 Å². The molecule has 1 amide bonds. The van der Waals surface area contributed by atoms with E-state index in [2.05, 4.69) is 21.8 Å². The van der Waals surface area contributed by atoms with Gasteiger partial charge in [0, 0.05) is 40.7 Å². The Balaban J connectivity index is 2.51. The molecule has 0 aliphatic carbocycles. The summed E-state index contributed by atoms with van der Waals surface area (Å²) in [5, 5.41) is 3.33. The van der Waals surface area contributed by atoms with Gasteiger partial charge >= 0.3 is 0 Å². The third kappa shape index (κ3) is 8.98. The molecule has 25 heavy (non-hydrogen) atoms. The largest absolute Gasteiger partial charge is 0.469 e. The molecule has 1 aromatic heterocycles. The van der Waals surface area contributed by atoms with Gasteiger partial charge in [-0.2, -0.15) is 0 Å². The van der Waals surface area contributed by atoms with Crippen molar-refractivity contribution in [3.63, 3.8) is 0 Å². The Labute approximate surface area is 151 Å². The molecule has 140 valence electrons. The molecule has 0 bridgehead atoms. The number of nitrogens with zero attached hydrogens (tertiary/aromatic N) is 3. The van der Waals surface area contributed by atoms with Crippen molar-refractivity contribution < 1.29 is 9.21 Å². The number of rotatable bonds is 11. The van der Waals surface area contributed by atoms with Crippen LogP contribution in [0.5, 0.6) is 0 Å². The van der Waals surface area contributed by atoms with Gasteiger partial charge in [0.25, 0.3) is 0 Å². The number of hydrogen-bond acceptors (Lipinski definition) is 3. The Hall–Kier alpha value is -2.24. The summed E-state index contributed by atoms with van der Waals surface area (Å²) < 4.78 is 5.35. The quantitative estimate of drug-likeness (QED) is 0.289. The Morgan fingerprint density at radius 3 is 2.76 bits per heavy atom. The Kier molecular flexibility index (Phi) is 10.1. The van der Waals surface area contributed by atoms with Gasteiger partial charge in [0.05, 0.1) is 6.26 Å². The van der Waals surface area contributed by atoms with Crippen LogP contribution in [-0.2, 0) is 11.2 Å². The van der Waals surface area contributed by atoms with Gasteiger partial charge in [-0.05, 0) is 31.4 Å². The fourth-order valence-corrected chi connectivity index (χ4v) is 2.27. The number of furan rings is 1. The van der Waals surface area contributed by atoms with E-state index in [9.17, 15) is 4.79 Å². The third-order valence-corrected chi connectivity index (χ3v) is 3.86. The minimum Gasteiger partial charge on any atom is -0.469 e. The van der Waals surface area contributed by atoms with Crippen LogP contribution in [0, 0.1) is 0 Å². The lowest BCUT2D eigenvalue weighted by Gasteiger charge is -2.22. The SMILES string of the molecule is C=CCCCCCN(C)C(=NCC(=O)N(C)C)NCCc1ccco1. The number of likely N-dealkylation sites (N-methyl/N-ethyl adjacent to an activating group) is 1. The summed E-state index contributed by atoms with van der Waals surface area (Å²) in [7, 11) is 5.49. The second kappa shape index (κ2) is 12.2. The van der Waals surface area contributed by atoms with E-state index < -0.39 is 0 Å². The zero-order chi connectivity index (χ0) is 18.5. The van der Waals surface area contributed by atoms with E-state index in [0.717, 1.165) is 50.4 Å².